The summed E-state index contributed by atoms with van der Waals surface area (Å²) in [4.78, 5) is 0. The van der Waals surface area contributed by atoms with Crippen molar-refractivity contribution in [1.82, 2.24) is 15.1 Å². The third kappa shape index (κ3) is 1.81. The van der Waals surface area contributed by atoms with E-state index in [0.29, 0.717) is 0 Å². The van der Waals surface area contributed by atoms with Crippen molar-refractivity contribution in [3.8, 4) is 0 Å². The van der Waals surface area contributed by atoms with Gasteiger partial charge in [0.2, 0.25) is 0 Å². The molecule has 0 aliphatic carbocycles. The van der Waals surface area contributed by atoms with E-state index in [1.54, 1.807) is 10.9 Å². The highest BCUT2D eigenvalue weighted by Gasteiger charge is 2.24. The highest BCUT2D eigenvalue weighted by atomic mass is 16.3. The minimum absolute atomic E-state index is 0.194. The number of rotatable bonds is 2. The molecule has 4 nitrogen and oxygen atoms in total. The van der Waals surface area contributed by atoms with Crippen LogP contribution in [0.4, 0.5) is 0 Å². The Kier molecular flexibility index (Phi) is 2.84. The fourth-order valence-corrected chi connectivity index (χ4v) is 2.03. The fourth-order valence-electron chi connectivity index (χ4n) is 2.03. The number of aliphatic hydroxyl groups excluding tert-OH is 1. The van der Waals surface area contributed by atoms with Crippen molar-refractivity contribution in [3.05, 3.63) is 18.0 Å². The Labute approximate surface area is 83.9 Å². The van der Waals surface area contributed by atoms with E-state index in [4.69, 9.17) is 0 Å². The van der Waals surface area contributed by atoms with E-state index in [1.807, 2.05) is 13.1 Å². The zero-order chi connectivity index (χ0) is 9.97. The highest BCUT2D eigenvalue weighted by molar-refractivity contribution is 5.07. The monoisotopic (exact) mass is 195 g/mol. The van der Waals surface area contributed by atoms with Gasteiger partial charge in [-0.2, -0.15) is 5.10 Å². The minimum atomic E-state index is -0.428. The van der Waals surface area contributed by atoms with Crippen molar-refractivity contribution in [2.75, 3.05) is 6.54 Å². The molecule has 2 N–H and O–H groups in total. The molecule has 0 radical (unpaired) electrons. The molecule has 1 aromatic rings. The predicted octanol–water partition coefficient (Wildman–Crippen LogP) is 0.596. The van der Waals surface area contributed by atoms with Crippen molar-refractivity contribution >= 4 is 0 Å². The molecule has 2 atom stereocenters. The second kappa shape index (κ2) is 4.11. The largest absolute Gasteiger partial charge is 0.385 e. The lowest BCUT2D eigenvalue weighted by Crippen LogP contribution is -2.39. The molecule has 1 aliphatic rings. The summed E-state index contributed by atoms with van der Waals surface area (Å²) in [6, 6.07) is 2.07. The molecule has 1 saturated heterocycles. The summed E-state index contributed by atoms with van der Waals surface area (Å²) >= 11 is 0. The molecule has 0 aromatic carbocycles. The van der Waals surface area contributed by atoms with E-state index in [1.165, 1.54) is 12.8 Å². The van der Waals surface area contributed by atoms with Crippen LogP contribution in [-0.4, -0.2) is 27.5 Å². The molecule has 78 valence electrons. The van der Waals surface area contributed by atoms with Gasteiger partial charge in [0.1, 0.15) is 6.10 Å². The molecule has 2 unspecified atom stereocenters. The van der Waals surface area contributed by atoms with Gasteiger partial charge in [0, 0.05) is 19.3 Å². The van der Waals surface area contributed by atoms with E-state index < -0.39 is 6.10 Å². The van der Waals surface area contributed by atoms with Crippen molar-refractivity contribution in [2.24, 2.45) is 7.05 Å². The smallest absolute Gasteiger partial charge is 0.111 e. The Morgan fingerprint density at radius 1 is 1.64 bits per heavy atom. The van der Waals surface area contributed by atoms with Crippen LogP contribution in [0.1, 0.15) is 31.1 Å². The zero-order valence-electron chi connectivity index (χ0n) is 8.48. The first-order chi connectivity index (χ1) is 6.79. The van der Waals surface area contributed by atoms with Crippen molar-refractivity contribution in [2.45, 2.75) is 31.4 Å². The molecule has 0 bridgehead atoms. The second-order valence-electron chi connectivity index (χ2n) is 3.88. The molecule has 0 amide bonds. The van der Waals surface area contributed by atoms with E-state index in [0.717, 1.165) is 18.7 Å². The lowest BCUT2D eigenvalue weighted by molar-refractivity contribution is 0.106. The quantitative estimate of drug-likeness (QED) is 0.726. The normalized spacial score (nSPS) is 24.9. The maximum atomic E-state index is 10.1. The highest BCUT2D eigenvalue weighted by Crippen LogP contribution is 2.21. The van der Waals surface area contributed by atoms with Crippen LogP contribution in [0.5, 0.6) is 0 Å². The Hall–Kier alpha value is -0.870. The topological polar surface area (TPSA) is 50.1 Å². The van der Waals surface area contributed by atoms with Gasteiger partial charge < -0.3 is 10.4 Å². The van der Waals surface area contributed by atoms with Gasteiger partial charge in [-0.25, -0.2) is 0 Å². The minimum Gasteiger partial charge on any atom is -0.385 e. The average Bonchev–Trinajstić information content (AvgIpc) is 2.65. The predicted molar refractivity (Wildman–Crippen MR) is 53.8 cm³/mol. The molecular weight excluding hydrogens is 178 g/mol. The maximum absolute atomic E-state index is 10.1. The lowest BCUT2D eigenvalue weighted by Gasteiger charge is -2.27. The van der Waals surface area contributed by atoms with Gasteiger partial charge in [-0.1, -0.05) is 6.42 Å². The first-order valence-corrected chi connectivity index (χ1v) is 5.18. The van der Waals surface area contributed by atoms with Gasteiger partial charge in [0.15, 0.2) is 0 Å². The second-order valence-corrected chi connectivity index (χ2v) is 3.88. The van der Waals surface area contributed by atoms with Crippen LogP contribution >= 0.6 is 0 Å². The van der Waals surface area contributed by atoms with E-state index >= 15 is 0 Å². The van der Waals surface area contributed by atoms with Crippen molar-refractivity contribution in [3.63, 3.8) is 0 Å². The van der Waals surface area contributed by atoms with Crippen LogP contribution < -0.4 is 5.32 Å². The van der Waals surface area contributed by atoms with Gasteiger partial charge in [-0.05, 0) is 25.5 Å². The molecule has 1 aliphatic heterocycles. The van der Waals surface area contributed by atoms with E-state index in [9.17, 15) is 5.11 Å². The summed E-state index contributed by atoms with van der Waals surface area (Å²) < 4.78 is 1.74. The molecule has 4 heteroatoms. The molecule has 1 fully saturated rings. The van der Waals surface area contributed by atoms with Gasteiger partial charge in [0.25, 0.3) is 0 Å². The van der Waals surface area contributed by atoms with Crippen LogP contribution in [-0.2, 0) is 7.05 Å². The van der Waals surface area contributed by atoms with Gasteiger partial charge in [-0.3, -0.25) is 4.68 Å². The average molecular weight is 195 g/mol. The first-order valence-electron chi connectivity index (χ1n) is 5.18. The summed E-state index contributed by atoms with van der Waals surface area (Å²) in [5, 5.41) is 17.5. The maximum Gasteiger partial charge on any atom is 0.111 e. The zero-order valence-corrected chi connectivity index (χ0v) is 8.48. The summed E-state index contributed by atoms with van der Waals surface area (Å²) in [5.41, 5.74) is 0.893. The van der Waals surface area contributed by atoms with E-state index in [2.05, 4.69) is 10.4 Å². The number of piperidine rings is 1. The summed E-state index contributed by atoms with van der Waals surface area (Å²) in [6.07, 6.45) is 4.76. The number of aliphatic hydroxyl groups is 1. The third-order valence-electron chi connectivity index (χ3n) is 2.89. The van der Waals surface area contributed by atoms with Crippen LogP contribution in [0.25, 0.3) is 0 Å². The Bertz CT molecular complexity index is 291. The summed E-state index contributed by atoms with van der Waals surface area (Å²) in [7, 11) is 1.86. The van der Waals surface area contributed by atoms with Gasteiger partial charge in [0.05, 0.1) is 5.69 Å². The number of nitrogens with one attached hydrogen (secondary N) is 1. The first kappa shape index (κ1) is 9.68. The van der Waals surface area contributed by atoms with E-state index in [-0.39, 0.29) is 6.04 Å². The molecule has 2 rings (SSSR count). The number of aromatic nitrogens is 2. The molecule has 14 heavy (non-hydrogen) atoms. The van der Waals surface area contributed by atoms with Crippen molar-refractivity contribution < 1.29 is 5.11 Å². The number of aryl methyl sites for hydroxylation is 1. The SMILES string of the molecule is Cn1nccc1C(O)C1CCCCN1. The molecule has 1 aromatic heterocycles. The Balaban J connectivity index is 2.07. The van der Waals surface area contributed by atoms with Gasteiger partial charge in [-0.15, -0.1) is 0 Å². The number of hydrogen-bond acceptors (Lipinski definition) is 3. The number of hydrogen-bond donors (Lipinski definition) is 2. The van der Waals surface area contributed by atoms with Crippen LogP contribution in [0.3, 0.4) is 0 Å². The Morgan fingerprint density at radius 2 is 2.50 bits per heavy atom. The van der Waals surface area contributed by atoms with Crippen LogP contribution in [0, 0.1) is 0 Å². The molecule has 0 saturated carbocycles. The van der Waals surface area contributed by atoms with Gasteiger partial charge >= 0.3 is 0 Å². The van der Waals surface area contributed by atoms with Crippen molar-refractivity contribution in [1.29, 1.82) is 0 Å². The summed E-state index contributed by atoms with van der Waals surface area (Å²) in [6.45, 7) is 1.01. The molecule has 2 heterocycles. The molecule has 0 spiro atoms. The fraction of sp³-hybridized carbons (Fsp3) is 0.700. The van der Waals surface area contributed by atoms with Crippen LogP contribution in [0.2, 0.25) is 0 Å². The Morgan fingerprint density at radius 3 is 3.07 bits per heavy atom. The third-order valence-corrected chi connectivity index (χ3v) is 2.89. The lowest BCUT2D eigenvalue weighted by atomic mass is 9.98. The standard InChI is InChI=1S/C10H17N3O/c1-13-9(5-7-12-13)10(14)8-4-2-3-6-11-8/h5,7-8,10-11,14H,2-4,6H2,1H3. The molecular formula is C10H17N3O. The number of nitrogens with zero attached hydrogens (tertiary/aromatic N) is 2. The van der Waals surface area contributed by atoms with Crippen LogP contribution in [0.15, 0.2) is 12.3 Å². The summed E-state index contributed by atoms with van der Waals surface area (Å²) in [5.74, 6) is 0.